The molecule has 0 fully saturated rings. The van der Waals surface area contributed by atoms with Crippen molar-refractivity contribution in [2.24, 2.45) is 12.8 Å². The SMILES string of the molecule is Cc1cc(OCCCC(=O)NCCNC(=O)[C@@H](N)CSOOO)cc(C)c1S(=O)(=O)N[C@@H](CNC(=O)c1cn(C)c2cc(CNc3nccn3C(c3ccccc3)(c3ccccc3)c3ccccc3)ccc2c1=O)C(=O)O. The van der Waals surface area contributed by atoms with Gasteiger partial charge < -0.3 is 41.4 Å². The van der Waals surface area contributed by atoms with E-state index in [0.29, 0.717) is 42.2 Å². The number of pyridine rings is 1. The molecule has 7 aromatic rings. The van der Waals surface area contributed by atoms with E-state index in [1.54, 1.807) is 29.9 Å². The van der Waals surface area contributed by atoms with Gasteiger partial charge in [0.15, 0.2) is 0 Å². The first-order valence-electron chi connectivity index (χ1n) is 24.3. The Bertz CT molecular complexity index is 3240. The van der Waals surface area contributed by atoms with Gasteiger partial charge in [-0.15, -0.1) is 4.33 Å². The Morgan fingerprint density at radius 1 is 0.844 bits per heavy atom. The van der Waals surface area contributed by atoms with E-state index in [-0.39, 0.29) is 64.7 Å². The first-order chi connectivity index (χ1) is 37.0. The molecule has 0 aliphatic rings. The average molecular weight is 1090 g/mol. The van der Waals surface area contributed by atoms with Crippen molar-refractivity contribution < 1.29 is 52.1 Å². The van der Waals surface area contributed by atoms with Crippen LogP contribution in [0, 0.1) is 13.8 Å². The highest BCUT2D eigenvalue weighted by Crippen LogP contribution is 2.42. The molecule has 0 aliphatic carbocycles. The number of nitrogens with one attached hydrogen (secondary N) is 5. The van der Waals surface area contributed by atoms with Gasteiger partial charge in [0, 0.05) is 81.4 Å². The number of nitrogens with two attached hydrogens (primary N) is 1. The molecule has 23 heteroatoms. The quantitative estimate of drug-likeness (QED) is 0.0113. The number of fused-ring (bicyclic) bond motifs is 1. The number of sulfonamides is 1. The third-order valence-corrected chi connectivity index (χ3v) is 14.9. The molecule has 2 aromatic heterocycles. The van der Waals surface area contributed by atoms with E-state index in [1.165, 1.54) is 32.2 Å². The highest BCUT2D eigenvalue weighted by molar-refractivity contribution is 7.94. The first-order valence-corrected chi connectivity index (χ1v) is 26.7. The third-order valence-electron chi connectivity index (χ3n) is 12.5. The van der Waals surface area contributed by atoms with E-state index in [4.69, 9.17) is 20.7 Å². The number of aromatic nitrogens is 3. The number of amides is 3. The molecule has 9 N–H and O–H groups in total. The van der Waals surface area contributed by atoms with Crippen LogP contribution in [0.1, 0.15) is 56.6 Å². The maximum atomic E-state index is 13.9. The van der Waals surface area contributed by atoms with Crippen molar-refractivity contribution in [1.82, 2.24) is 34.8 Å². The number of anilines is 1. The zero-order valence-electron chi connectivity index (χ0n) is 42.3. The second-order valence-corrected chi connectivity index (χ2v) is 20.2. The summed E-state index contributed by atoms with van der Waals surface area (Å²) in [4.78, 5) is 68.7. The highest BCUT2D eigenvalue weighted by Gasteiger charge is 2.40. The summed E-state index contributed by atoms with van der Waals surface area (Å²) in [5.41, 5.74) is 8.90. The van der Waals surface area contributed by atoms with Crippen LogP contribution in [0.2, 0.25) is 0 Å². The van der Waals surface area contributed by atoms with Crippen molar-refractivity contribution in [2.75, 3.05) is 37.3 Å². The molecule has 0 aliphatic heterocycles. The number of hydrogen-bond donors (Lipinski definition) is 8. The minimum Gasteiger partial charge on any atom is -0.494 e. The van der Waals surface area contributed by atoms with E-state index >= 15 is 0 Å². The van der Waals surface area contributed by atoms with Crippen molar-refractivity contribution in [2.45, 2.75) is 55.8 Å². The lowest BCUT2D eigenvalue weighted by molar-refractivity contribution is -0.432. The van der Waals surface area contributed by atoms with Gasteiger partial charge in [0.05, 0.1) is 23.1 Å². The maximum Gasteiger partial charge on any atom is 0.323 e. The summed E-state index contributed by atoms with van der Waals surface area (Å²) < 4.78 is 43.3. The third kappa shape index (κ3) is 13.8. The molecule has 0 radical (unpaired) electrons. The summed E-state index contributed by atoms with van der Waals surface area (Å²) >= 11 is 0.641. The largest absolute Gasteiger partial charge is 0.494 e. The number of rotatable bonds is 27. The molecule has 3 amide bonds. The van der Waals surface area contributed by atoms with Gasteiger partial charge in [0.25, 0.3) is 5.91 Å². The summed E-state index contributed by atoms with van der Waals surface area (Å²) in [6.07, 6.45) is 5.44. The van der Waals surface area contributed by atoms with Gasteiger partial charge in [-0.1, -0.05) is 102 Å². The molecular formula is C54H59N9O12S2. The summed E-state index contributed by atoms with van der Waals surface area (Å²) in [5, 5.41) is 33.1. The van der Waals surface area contributed by atoms with E-state index < -0.39 is 57.4 Å². The zero-order valence-corrected chi connectivity index (χ0v) is 43.9. The number of carbonyl (C=O) groups is 4. The van der Waals surface area contributed by atoms with Gasteiger partial charge in [0.1, 0.15) is 22.9 Å². The van der Waals surface area contributed by atoms with Crippen LogP contribution in [-0.4, -0.2) is 101 Å². The van der Waals surface area contributed by atoms with E-state index in [2.05, 4.69) is 76.3 Å². The lowest BCUT2D eigenvalue weighted by Crippen LogP contribution is -2.49. The number of ether oxygens (including phenoxy) is 1. The number of imidazole rings is 1. The topological polar surface area (TPSA) is 297 Å². The number of benzene rings is 5. The number of carboxylic acids is 1. The molecule has 0 unspecified atom stereocenters. The monoisotopic (exact) mass is 1090 g/mol. The van der Waals surface area contributed by atoms with Crippen LogP contribution in [0.5, 0.6) is 5.75 Å². The predicted molar refractivity (Wildman–Crippen MR) is 289 cm³/mol. The zero-order chi connectivity index (χ0) is 55.1. The summed E-state index contributed by atoms with van der Waals surface area (Å²) in [5.74, 6) is -2.33. The van der Waals surface area contributed by atoms with Crippen LogP contribution in [0.3, 0.4) is 0 Å². The molecule has 2 heterocycles. The standard InChI is InChI=1S/C54H59N9O12S2/c1-35-28-41(73-27-13-20-47(64)56-23-24-57-51(67)44(55)34-76-75-74-70)29-36(2)49(35)77(71,72)61-45(52(68)69)32-59-50(66)43-33-62(3)46-30-37(21-22-42(46)48(43)65)31-60-53-58-25-26-63(53)54(38-14-7-4-8-15-38,39-16-9-5-10-17-39)40-18-11-6-12-19-40/h4-12,14-19,21-22,25-26,28-30,33,44-45,61,70H,13,20,23-24,27,31-32,34,55H2,1-3H3,(H,56,64)(H,57,67)(H,58,60)(H,59,66)(H,68,69)/t44-,45-/m0/s1. The van der Waals surface area contributed by atoms with Gasteiger partial charge in [-0.05, 0) is 77.9 Å². The predicted octanol–water partition coefficient (Wildman–Crippen LogP) is 4.75. The Hall–Kier alpha value is -7.90. The van der Waals surface area contributed by atoms with Crippen molar-refractivity contribution in [1.29, 1.82) is 0 Å². The summed E-state index contributed by atoms with van der Waals surface area (Å²) in [7, 11) is -2.82. The second-order valence-electron chi connectivity index (χ2n) is 17.9. The lowest BCUT2D eigenvalue weighted by Gasteiger charge is -2.38. The number of carboxylic acid groups (broad SMARTS) is 1. The molecule has 77 heavy (non-hydrogen) atoms. The number of aryl methyl sites for hydroxylation is 3. The van der Waals surface area contributed by atoms with Crippen molar-refractivity contribution in [3.8, 4) is 5.75 Å². The van der Waals surface area contributed by atoms with Crippen molar-refractivity contribution in [3.05, 3.63) is 189 Å². The Morgan fingerprint density at radius 3 is 2.05 bits per heavy atom. The molecule has 5 aromatic carbocycles. The summed E-state index contributed by atoms with van der Waals surface area (Å²) in [6, 6.07) is 36.0. The molecule has 0 spiro atoms. The highest BCUT2D eigenvalue weighted by atomic mass is 32.2. The van der Waals surface area contributed by atoms with Crippen LogP contribution in [-0.2, 0) is 52.9 Å². The van der Waals surface area contributed by atoms with Crippen LogP contribution in [0.15, 0.2) is 150 Å². The number of hydrogen-bond acceptors (Lipinski definition) is 15. The minimum atomic E-state index is -4.49. The molecule has 2 atom stereocenters. The first kappa shape index (κ1) is 56.8. The van der Waals surface area contributed by atoms with Crippen LogP contribution in [0.25, 0.3) is 10.9 Å². The fourth-order valence-electron chi connectivity index (χ4n) is 9.00. The Labute approximate surface area is 448 Å². The maximum absolute atomic E-state index is 13.9. The number of carbonyl (C=O) groups excluding carboxylic acids is 3. The molecule has 0 saturated carbocycles. The molecule has 7 rings (SSSR count). The average Bonchev–Trinajstić information content (AvgIpc) is 4.06. The van der Waals surface area contributed by atoms with E-state index in [1.807, 2.05) is 66.9 Å². The number of nitrogens with zero attached hydrogens (tertiary/aromatic N) is 3. The second kappa shape index (κ2) is 26.2. The molecule has 0 bridgehead atoms. The Balaban J connectivity index is 0.958. The lowest BCUT2D eigenvalue weighted by atomic mass is 9.76. The summed E-state index contributed by atoms with van der Waals surface area (Å²) in [6.45, 7) is 3.02. The van der Waals surface area contributed by atoms with Crippen LogP contribution in [0.4, 0.5) is 5.95 Å². The van der Waals surface area contributed by atoms with Crippen molar-refractivity contribution in [3.63, 3.8) is 0 Å². The van der Waals surface area contributed by atoms with Gasteiger partial charge in [-0.3, -0.25) is 28.5 Å². The Kier molecular flexibility index (Phi) is 19.4. The van der Waals surface area contributed by atoms with Crippen molar-refractivity contribution >= 4 is 62.6 Å². The van der Waals surface area contributed by atoms with Gasteiger partial charge in [-0.25, -0.2) is 18.7 Å². The molecule has 0 saturated heterocycles. The minimum absolute atomic E-state index is 0.0161. The number of aliphatic carboxylic acids is 1. The van der Waals surface area contributed by atoms with Gasteiger partial charge >= 0.3 is 5.97 Å². The van der Waals surface area contributed by atoms with Gasteiger partial charge in [-0.2, -0.15) is 4.72 Å². The smallest absolute Gasteiger partial charge is 0.323 e. The molecule has 21 nitrogen and oxygen atoms in total. The normalized spacial score (nSPS) is 12.4. The van der Waals surface area contributed by atoms with Crippen LogP contribution < -0.4 is 41.9 Å². The fourth-order valence-corrected chi connectivity index (χ4v) is 11.0. The fraction of sp³-hybridized carbons (Fsp3) is 0.259. The van der Waals surface area contributed by atoms with Gasteiger partial charge in [0.2, 0.25) is 33.2 Å². The molecule has 404 valence electrons. The van der Waals surface area contributed by atoms with E-state index in [9.17, 15) is 37.5 Å². The van der Waals surface area contributed by atoms with Crippen LogP contribution >= 0.6 is 12.0 Å². The van der Waals surface area contributed by atoms with E-state index in [0.717, 1.165) is 22.3 Å². The molecular weight excluding hydrogens is 1030 g/mol. The Morgan fingerprint density at radius 2 is 1.45 bits per heavy atom.